The van der Waals surface area contributed by atoms with Crippen LogP contribution in [-0.4, -0.2) is 58.6 Å². The summed E-state index contributed by atoms with van der Waals surface area (Å²) < 4.78 is 0. The molecule has 1 aliphatic heterocycles. The molecule has 164 valence electrons. The van der Waals surface area contributed by atoms with Crippen molar-refractivity contribution in [3.05, 3.63) is 47.8 Å². The summed E-state index contributed by atoms with van der Waals surface area (Å²) in [5, 5.41) is 3.37. The zero-order valence-electron chi connectivity index (χ0n) is 18.7. The molecule has 0 aliphatic carbocycles. The van der Waals surface area contributed by atoms with Crippen LogP contribution in [0.15, 0.2) is 36.7 Å². The Morgan fingerprint density at radius 2 is 2.10 bits per heavy atom. The molecule has 0 bridgehead atoms. The summed E-state index contributed by atoms with van der Waals surface area (Å²) >= 11 is 0. The standard InChI is InChI=1S/C23H29N5O.CH2O/c1-23(2,3)21(29)18-11-25-22-20(18)27-19(12-26-22)16-7-5-6-15(10-16)13-28-9-8-17(14-28)24-4;1-2/h5-7,10-12,17,24H,8-9,13-14H2,1-4H3,(H,25,26);1H2. The van der Waals surface area contributed by atoms with Crippen LogP contribution in [0.3, 0.4) is 0 Å². The maximum absolute atomic E-state index is 12.8. The van der Waals surface area contributed by atoms with E-state index >= 15 is 0 Å². The molecule has 7 nitrogen and oxygen atoms in total. The van der Waals surface area contributed by atoms with Gasteiger partial charge in [0.1, 0.15) is 12.3 Å². The maximum atomic E-state index is 12.8. The third-order valence-electron chi connectivity index (χ3n) is 5.62. The topological polar surface area (TPSA) is 91.0 Å². The zero-order chi connectivity index (χ0) is 22.6. The van der Waals surface area contributed by atoms with Crippen LogP contribution in [0.25, 0.3) is 22.4 Å². The van der Waals surface area contributed by atoms with E-state index in [0.717, 1.165) is 30.9 Å². The lowest BCUT2D eigenvalue weighted by molar-refractivity contribution is -0.0980. The molecule has 0 amide bonds. The molecule has 2 aromatic heterocycles. The Morgan fingerprint density at radius 1 is 1.32 bits per heavy atom. The molecular weight excluding hydrogens is 390 g/mol. The fourth-order valence-electron chi connectivity index (χ4n) is 3.91. The van der Waals surface area contributed by atoms with Crippen LogP contribution in [0.5, 0.6) is 0 Å². The SMILES string of the molecule is C=O.CNC1CCN(Cc2cccc(-c3cnc4[nH]cc(C(=O)C(C)(C)C)c4n3)c2)C1. The van der Waals surface area contributed by atoms with Crippen LogP contribution in [0, 0.1) is 5.41 Å². The molecule has 1 unspecified atom stereocenters. The molecule has 2 N–H and O–H groups in total. The smallest absolute Gasteiger partial charge is 0.171 e. The minimum atomic E-state index is -0.465. The largest absolute Gasteiger partial charge is 0.344 e. The summed E-state index contributed by atoms with van der Waals surface area (Å²) in [7, 11) is 2.03. The lowest BCUT2D eigenvalue weighted by Crippen LogP contribution is -2.29. The first kappa shape index (κ1) is 22.8. The molecule has 1 aromatic carbocycles. The molecule has 4 rings (SSSR count). The first-order valence-electron chi connectivity index (χ1n) is 10.5. The molecule has 1 saturated heterocycles. The van der Waals surface area contributed by atoms with E-state index in [1.165, 1.54) is 12.0 Å². The monoisotopic (exact) mass is 421 g/mol. The Balaban J connectivity index is 0.00000132. The fraction of sp³-hybridized carbons (Fsp3) is 0.417. The first-order chi connectivity index (χ1) is 14.8. The highest BCUT2D eigenvalue weighted by molar-refractivity contribution is 6.08. The number of carbonyl (C=O) groups is 2. The van der Waals surface area contributed by atoms with Gasteiger partial charge in [0.05, 0.1) is 17.5 Å². The molecule has 3 aromatic rings. The number of ketones is 1. The Labute approximate surface area is 183 Å². The number of aromatic amines is 1. The number of rotatable bonds is 5. The van der Waals surface area contributed by atoms with E-state index in [2.05, 4.69) is 44.5 Å². The Kier molecular flexibility index (Phi) is 6.97. The molecule has 0 radical (unpaired) electrons. The molecule has 1 fully saturated rings. The number of nitrogens with one attached hydrogen (secondary N) is 2. The number of likely N-dealkylation sites (N-methyl/N-ethyl adjacent to an activating group) is 1. The van der Waals surface area contributed by atoms with Crippen molar-refractivity contribution in [1.82, 2.24) is 25.2 Å². The average molecular weight is 422 g/mol. The van der Waals surface area contributed by atoms with Gasteiger partial charge < -0.3 is 15.1 Å². The summed E-state index contributed by atoms with van der Waals surface area (Å²) in [6.45, 7) is 10.9. The van der Waals surface area contributed by atoms with Gasteiger partial charge in [0.2, 0.25) is 0 Å². The van der Waals surface area contributed by atoms with Crippen LogP contribution in [0.1, 0.15) is 43.1 Å². The number of aromatic nitrogens is 3. The number of nitrogens with zero attached hydrogens (tertiary/aromatic N) is 3. The highest BCUT2D eigenvalue weighted by Gasteiger charge is 2.26. The summed E-state index contributed by atoms with van der Waals surface area (Å²) in [4.78, 5) is 35.7. The highest BCUT2D eigenvalue weighted by Crippen LogP contribution is 2.27. The van der Waals surface area contributed by atoms with Crippen LogP contribution in [-0.2, 0) is 11.3 Å². The molecular formula is C24H31N5O2. The van der Waals surface area contributed by atoms with Gasteiger partial charge in [0.25, 0.3) is 0 Å². The van der Waals surface area contributed by atoms with E-state index in [1.807, 2.05) is 34.6 Å². The number of Topliss-reactive ketones (excluding diaryl/α,β-unsaturated/α-hetero) is 1. The number of hydrogen-bond acceptors (Lipinski definition) is 6. The summed E-state index contributed by atoms with van der Waals surface area (Å²) in [6.07, 6.45) is 4.69. The molecule has 0 spiro atoms. The number of carbonyl (C=O) groups excluding carboxylic acids is 2. The number of H-pyrrole nitrogens is 1. The highest BCUT2D eigenvalue weighted by atomic mass is 16.1. The molecule has 7 heteroatoms. The van der Waals surface area contributed by atoms with Crippen LogP contribution in [0.2, 0.25) is 0 Å². The molecule has 1 atom stereocenters. The maximum Gasteiger partial charge on any atom is 0.171 e. The van der Waals surface area contributed by atoms with Crippen molar-refractivity contribution in [1.29, 1.82) is 0 Å². The normalized spacial score (nSPS) is 16.8. The van der Waals surface area contributed by atoms with Crippen molar-refractivity contribution in [2.24, 2.45) is 5.41 Å². The second-order valence-corrected chi connectivity index (χ2v) is 8.94. The molecule has 31 heavy (non-hydrogen) atoms. The second kappa shape index (κ2) is 9.49. The van der Waals surface area contributed by atoms with Crippen molar-refractivity contribution in [2.75, 3.05) is 20.1 Å². The quantitative estimate of drug-likeness (QED) is 0.613. The predicted octanol–water partition coefficient (Wildman–Crippen LogP) is 3.46. The Bertz CT molecular complexity index is 1050. The van der Waals surface area contributed by atoms with E-state index in [0.29, 0.717) is 22.8 Å². The van der Waals surface area contributed by atoms with Gasteiger partial charge in [0.15, 0.2) is 11.4 Å². The van der Waals surface area contributed by atoms with Gasteiger partial charge in [-0.25, -0.2) is 9.97 Å². The molecule has 0 saturated carbocycles. The fourth-order valence-corrected chi connectivity index (χ4v) is 3.91. The number of hydrogen-bond donors (Lipinski definition) is 2. The number of benzene rings is 1. The minimum absolute atomic E-state index is 0.0667. The lowest BCUT2D eigenvalue weighted by Gasteiger charge is -2.16. The van der Waals surface area contributed by atoms with E-state index in [9.17, 15) is 4.79 Å². The van der Waals surface area contributed by atoms with E-state index in [4.69, 9.17) is 9.78 Å². The number of fused-ring (bicyclic) bond motifs is 1. The van der Waals surface area contributed by atoms with E-state index < -0.39 is 5.41 Å². The van der Waals surface area contributed by atoms with E-state index in [-0.39, 0.29) is 5.78 Å². The summed E-state index contributed by atoms with van der Waals surface area (Å²) in [6, 6.07) is 9.05. The van der Waals surface area contributed by atoms with Gasteiger partial charge in [-0.3, -0.25) is 9.69 Å². The van der Waals surface area contributed by atoms with Crippen molar-refractivity contribution >= 4 is 23.7 Å². The predicted molar refractivity (Wildman–Crippen MR) is 123 cm³/mol. The van der Waals surface area contributed by atoms with Gasteiger partial charge in [-0.2, -0.15) is 0 Å². The van der Waals surface area contributed by atoms with Crippen molar-refractivity contribution in [3.8, 4) is 11.3 Å². The molecule has 1 aliphatic rings. The Morgan fingerprint density at radius 3 is 2.77 bits per heavy atom. The third kappa shape index (κ3) is 5.06. The minimum Gasteiger partial charge on any atom is -0.344 e. The summed E-state index contributed by atoms with van der Waals surface area (Å²) in [5.41, 5.74) is 4.51. The zero-order valence-corrected chi connectivity index (χ0v) is 18.7. The Hall–Kier alpha value is -2.90. The van der Waals surface area contributed by atoms with Crippen LogP contribution >= 0.6 is 0 Å². The van der Waals surface area contributed by atoms with Gasteiger partial charge in [-0.05, 0) is 25.1 Å². The van der Waals surface area contributed by atoms with Crippen molar-refractivity contribution in [3.63, 3.8) is 0 Å². The third-order valence-corrected chi connectivity index (χ3v) is 5.62. The molecule has 3 heterocycles. The number of likely N-dealkylation sites (tertiary alicyclic amines) is 1. The van der Waals surface area contributed by atoms with Crippen LogP contribution in [0.4, 0.5) is 0 Å². The second-order valence-electron chi connectivity index (χ2n) is 8.94. The van der Waals surface area contributed by atoms with Gasteiger partial charge >= 0.3 is 0 Å². The first-order valence-corrected chi connectivity index (χ1v) is 10.5. The average Bonchev–Trinajstić information content (AvgIpc) is 3.40. The van der Waals surface area contributed by atoms with Crippen molar-refractivity contribution in [2.45, 2.75) is 39.8 Å². The van der Waals surface area contributed by atoms with Gasteiger partial charge in [0, 0.05) is 42.9 Å². The van der Waals surface area contributed by atoms with Crippen LogP contribution < -0.4 is 5.32 Å². The summed E-state index contributed by atoms with van der Waals surface area (Å²) in [5.74, 6) is 0.0667. The van der Waals surface area contributed by atoms with Crippen molar-refractivity contribution < 1.29 is 9.59 Å². The van der Waals surface area contributed by atoms with E-state index in [1.54, 1.807) is 12.4 Å². The lowest BCUT2D eigenvalue weighted by atomic mass is 9.87. The van der Waals surface area contributed by atoms with Gasteiger partial charge in [-0.15, -0.1) is 0 Å². The van der Waals surface area contributed by atoms with Gasteiger partial charge in [-0.1, -0.05) is 39.0 Å².